The van der Waals surface area contributed by atoms with E-state index >= 15 is 0 Å². The van der Waals surface area contributed by atoms with Gasteiger partial charge in [0.1, 0.15) is 17.2 Å². The molecule has 20 heavy (non-hydrogen) atoms. The van der Waals surface area contributed by atoms with Gasteiger partial charge in [-0.3, -0.25) is 9.59 Å². The molecule has 3 N–H and O–H groups in total. The molecule has 1 aromatic rings. The van der Waals surface area contributed by atoms with E-state index < -0.39 is 28.4 Å². The minimum Gasteiger partial charge on any atom is -0.495 e. The van der Waals surface area contributed by atoms with E-state index in [4.69, 9.17) is 9.84 Å². The zero-order valence-corrected chi connectivity index (χ0v) is 11.7. The first-order valence-electron chi connectivity index (χ1n) is 5.43. The highest BCUT2D eigenvalue weighted by Crippen LogP contribution is 2.24. The predicted octanol–water partition coefficient (Wildman–Crippen LogP) is -0.582. The number of carboxylic acids is 1. The predicted molar refractivity (Wildman–Crippen MR) is 69.2 cm³/mol. The highest BCUT2D eigenvalue weighted by atomic mass is 32.2. The maximum absolute atomic E-state index is 11.8. The number of benzene rings is 1. The van der Waals surface area contributed by atoms with Crippen molar-refractivity contribution in [2.45, 2.75) is 4.90 Å². The Kier molecular flexibility index (Phi) is 5.06. The van der Waals surface area contributed by atoms with Crippen molar-refractivity contribution in [3.8, 4) is 5.75 Å². The Labute approximate surface area is 115 Å². The Balaban J connectivity index is 3.16. The zero-order chi connectivity index (χ0) is 15.3. The van der Waals surface area contributed by atoms with Crippen LogP contribution in [0.3, 0.4) is 0 Å². The number of carbonyl (C=O) groups is 2. The second-order valence-electron chi connectivity index (χ2n) is 3.65. The molecule has 0 aromatic heterocycles. The monoisotopic (exact) mass is 302 g/mol. The van der Waals surface area contributed by atoms with Gasteiger partial charge in [0, 0.05) is 5.56 Å². The lowest BCUT2D eigenvalue weighted by Crippen LogP contribution is -2.29. The number of nitrogens with one attached hydrogen (secondary N) is 2. The van der Waals surface area contributed by atoms with Crippen LogP contribution < -0.4 is 14.8 Å². The maximum Gasteiger partial charge on any atom is 0.322 e. The number of methoxy groups -OCH3 is 1. The summed E-state index contributed by atoms with van der Waals surface area (Å²) in [7, 11) is -1.27. The number of carboxylic acid groups (broad SMARTS) is 1. The normalized spacial score (nSPS) is 10.9. The number of hydrogen-bond acceptors (Lipinski definition) is 5. The lowest BCUT2D eigenvalue weighted by atomic mass is 10.2. The average molecular weight is 302 g/mol. The standard InChI is InChI=1S/C11H14N2O6S/c1-12-20(17,18)9-5-7(3-4-8(9)19-2)11(16)13-6-10(14)15/h3-5,12H,6H2,1-2H3,(H,13,16)(H,14,15). The molecular formula is C11H14N2O6S. The van der Waals surface area contributed by atoms with Crippen LogP contribution in [0.1, 0.15) is 10.4 Å². The maximum atomic E-state index is 11.8. The van der Waals surface area contributed by atoms with E-state index in [0.717, 1.165) is 6.07 Å². The molecule has 110 valence electrons. The summed E-state index contributed by atoms with van der Waals surface area (Å²) in [4.78, 5) is 21.8. The second-order valence-corrected chi connectivity index (χ2v) is 5.50. The Morgan fingerprint density at radius 1 is 1.35 bits per heavy atom. The molecule has 1 amide bonds. The Hall–Kier alpha value is -2.13. The fraction of sp³-hybridized carbons (Fsp3) is 0.273. The molecule has 1 rings (SSSR count). The van der Waals surface area contributed by atoms with Crippen molar-refractivity contribution in [2.75, 3.05) is 20.7 Å². The SMILES string of the molecule is CNS(=O)(=O)c1cc(C(=O)NCC(=O)O)ccc1OC. The van der Waals surface area contributed by atoms with Crippen LogP contribution in [0.25, 0.3) is 0 Å². The van der Waals surface area contributed by atoms with E-state index in [-0.39, 0.29) is 16.2 Å². The molecule has 0 saturated carbocycles. The molecule has 0 bridgehead atoms. The molecule has 1 aromatic carbocycles. The zero-order valence-electron chi connectivity index (χ0n) is 10.8. The van der Waals surface area contributed by atoms with Crippen molar-refractivity contribution in [3.63, 3.8) is 0 Å². The van der Waals surface area contributed by atoms with Crippen LogP contribution in [0.4, 0.5) is 0 Å². The average Bonchev–Trinajstić information content (AvgIpc) is 2.43. The summed E-state index contributed by atoms with van der Waals surface area (Å²) < 4.78 is 30.6. The number of hydrogen-bond donors (Lipinski definition) is 3. The summed E-state index contributed by atoms with van der Waals surface area (Å²) in [6.45, 7) is -0.557. The van der Waals surface area contributed by atoms with E-state index in [2.05, 4.69) is 10.0 Å². The van der Waals surface area contributed by atoms with Gasteiger partial charge in [0.25, 0.3) is 5.91 Å². The molecule has 0 aliphatic heterocycles. The molecule has 9 heteroatoms. The number of carbonyl (C=O) groups excluding carboxylic acids is 1. The number of ether oxygens (including phenoxy) is 1. The Morgan fingerprint density at radius 2 is 2.00 bits per heavy atom. The van der Waals surface area contributed by atoms with Crippen molar-refractivity contribution in [3.05, 3.63) is 23.8 Å². The van der Waals surface area contributed by atoms with Gasteiger partial charge in [-0.25, -0.2) is 13.1 Å². The topological polar surface area (TPSA) is 122 Å². The lowest BCUT2D eigenvalue weighted by Gasteiger charge is -2.10. The van der Waals surface area contributed by atoms with Crippen LogP contribution in [-0.2, 0) is 14.8 Å². The number of rotatable bonds is 6. The smallest absolute Gasteiger partial charge is 0.322 e. The summed E-state index contributed by atoms with van der Waals surface area (Å²) in [6.07, 6.45) is 0. The van der Waals surface area contributed by atoms with Gasteiger partial charge in [0.15, 0.2) is 0 Å². The summed E-state index contributed by atoms with van der Waals surface area (Å²) in [6, 6.07) is 3.77. The highest BCUT2D eigenvalue weighted by Gasteiger charge is 2.20. The van der Waals surface area contributed by atoms with E-state index in [1.807, 2.05) is 0 Å². The van der Waals surface area contributed by atoms with Crippen molar-refractivity contribution >= 4 is 21.9 Å². The van der Waals surface area contributed by atoms with Crippen LogP contribution in [0.2, 0.25) is 0 Å². The number of aliphatic carboxylic acids is 1. The van der Waals surface area contributed by atoms with Gasteiger partial charge in [0.2, 0.25) is 10.0 Å². The quantitative estimate of drug-likeness (QED) is 0.646. The van der Waals surface area contributed by atoms with Gasteiger partial charge < -0.3 is 15.2 Å². The number of amides is 1. The van der Waals surface area contributed by atoms with E-state index in [0.29, 0.717) is 0 Å². The van der Waals surface area contributed by atoms with Crippen molar-refractivity contribution in [2.24, 2.45) is 0 Å². The molecular weight excluding hydrogens is 288 g/mol. The summed E-state index contributed by atoms with van der Waals surface area (Å²) in [5.41, 5.74) is 0.0147. The minimum absolute atomic E-state index is 0.0147. The fourth-order valence-corrected chi connectivity index (χ4v) is 2.31. The third kappa shape index (κ3) is 3.68. The van der Waals surface area contributed by atoms with Gasteiger partial charge in [0.05, 0.1) is 7.11 Å². The van der Waals surface area contributed by atoms with Crippen LogP contribution in [0.15, 0.2) is 23.1 Å². The van der Waals surface area contributed by atoms with E-state index in [1.165, 1.54) is 26.3 Å². The van der Waals surface area contributed by atoms with Gasteiger partial charge in [-0.2, -0.15) is 0 Å². The van der Waals surface area contributed by atoms with Crippen LogP contribution in [0, 0.1) is 0 Å². The summed E-state index contributed by atoms with van der Waals surface area (Å²) in [5, 5.41) is 10.6. The number of sulfonamides is 1. The van der Waals surface area contributed by atoms with Crippen molar-refractivity contribution < 1.29 is 27.9 Å². The first-order chi connectivity index (χ1) is 9.31. The fourth-order valence-electron chi connectivity index (χ4n) is 1.40. The molecule has 0 radical (unpaired) electrons. The summed E-state index contributed by atoms with van der Waals surface area (Å²) >= 11 is 0. The first kappa shape index (κ1) is 15.9. The lowest BCUT2D eigenvalue weighted by molar-refractivity contribution is -0.135. The van der Waals surface area contributed by atoms with Crippen molar-refractivity contribution in [1.29, 1.82) is 0 Å². The highest BCUT2D eigenvalue weighted by molar-refractivity contribution is 7.89. The molecule has 0 aliphatic rings. The van der Waals surface area contributed by atoms with E-state index in [1.54, 1.807) is 0 Å². The molecule has 0 spiro atoms. The van der Waals surface area contributed by atoms with Gasteiger partial charge in [-0.1, -0.05) is 0 Å². The third-order valence-corrected chi connectivity index (χ3v) is 3.82. The van der Waals surface area contributed by atoms with Gasteiger partial charge >= 0.3 is 5.97 Å². The molecule has 0 heterocycles. The van der Waals surface area contributed by atoms with Crippen LogP contribution in [-0.4, -0.2) is 46.1 Å². The van der Waals surface area contributed by atoms with Crippen molar-refractivity contribution in [1.82, 2.24) is 10.0 Å². The first-order valence-corrected chi connectivity index (χ1v) is 6.91. The van der Waals surface area contributed by atoms with Crippen LogP contribution >= 0.6 is 0 Å². The molecule has 0 unspecified atom stereocenters. The molecule has 0 fully saturated rings. The Bertz CT molecular complexity index is 626. The minimum atomic E-state index is -3.80. The summed E-state index contributed by atoms with van der Waals surface area (Å²) in [5.74, 6) is -1.81. The molecule has 8 nitrogen and oxygen atoms in total. The largest absolute Gasteiger partial charge is 0.495 e. The Morgan fingerprint density at radius 3 is 2.50 bits per heavy atom. The second kappa shape index (κ2) is 6.35. The molecule has 0 saturated heterocycles. The van der Waals surface area contributed by atoms with Crippen LogP contribution in [0.5, 0.6) is 5.75 Å². The molecule has 0 atom stereocenters. The van der Waals surface area contributed by atoms with Gasteiger partial charge in [-0.05, 0) is 25.2 Å². The van der Waals surface area contributed by atoms with E-state index in [9.17, 15) is 18.0 Å². The van der Waals surface area contributed by atoms with Gasteiger partial charge in [-0.15, -0.1) is 0 Å². The third-order valence-electron chi connectivity index (χ3n) is 2.38. The molecule has 0 aliphatic carbocycles.